The topological polar surface area (TPSA) is 137 Å². The number of benzene rings is 1. The molecule has 0 saturated carbocycles. The molecule has 0 saturated heterocycles. The van der Waals surface area contributed by atoms with Gasteiger partial charge in [-0.25, -0.2) is 9.59 Å². The summed E-state index contributed by atoms with van der Waals surface area (Å²) in [5.74, 6) is -3.01. The Labute approximate surface area is 217 Å². The Kier molecular flexibility index (Phi) is 10.8. The van der Waals surface area contributed by atoms with Crippen LogP contribution in [0.3, 0.4) is 0 Å². The maximum atomic E-state index is 13.7. The van der Waals surface area contributed by atoms with Crippen LogP contribution in [-0.4, -0.2) is 42.5 Å². The number of nitro benzene ring substituents is 1. The van der Waals surface area contributed by atoms with Crippen molar-refractivity contribution in [3.63, 3.8) is 0 Å². The summed E-state index contributed by atoms with van der Waals surface area (Å²) < 4.78 is 10.4. The molecule has 1 aromatic carbocycles. The molecule has 0 fully saturated rings. The Morgan fingerprint density at radius 3 is 2.38 bits per heavy atom. The number of ether oxygens (including phenoxy) is 2. The van der Waals surface area contributed by atoms with Gasteiger partial charge in [0.15, 0.2) is 0 Å². The molecule has 1 aromatic rings. The lowest BCUT2D eigenvalue weighted by atomic mass is 9.79. The Hall–Kier alpha value is -3.69. The predicted molar refractivity (Wildman–Crippen MR) is 138 cm³/mol. The molecule has 37 heavy (non-hydrogen) atoms. The zero-order chi connectivity index (χ0) is 27.7. The molecule has 2 rings (SSSR count). The average Bonchev–Trinajstić information content (AvgIpc) is 2.85. The first kappa shape index (κ1) is 29.5. The minimum Gasteiger partial charge on any atom is -0.466 e. The van der Waals surface area contributed by atoms with Crippen molar-refractivity contribution < 1.29 is 28.8 Å². The monoisotopic (exact) mass is 515 g/mol. The van der Waals surface area contributed by atoms with Crippen LogP contribution in [0.15, 0.2) is 46.8 Å². The lowest BCUT2D eigenvalue weighted by Gasteiger charge is -2.32. The molecule has 0 bridgehead atoms. The first-order chi connectivity index (χ1) is 17.5. The Morgan fingerprint density at radius 2 is 1.78 bits per heavy atom. The van der Waals surface area contributed by atoms with Crippen molar-refractivity contribution in [2.45, 2.75) is 72.3 Å². The molecule has 10 heteroatoms. The van der Waals surface area contributed by atoms with Gasteiger partial charge in [-0.15, -0.1) is 0 Å². The second kappa shape index (κ2) is 13.6. The molecule has 2 unspecified atom stereocenters. The number of allylic oxidation sites excluding steroid dienone is 2. The fourth-order valence-corrected chi connectivity index (χ4v) is 4.33. The van der Waals surface area contributed by atoms with Gasteiger partial charge in [0.25, 0.3) is 11.6 Å². The standard InChI is InChI=1S/C27H37N3O7/c1-7-8-9-10-14-37-27(33)24(16(2)3)29-25(31)21-17(4)28-18(5)22(26(32)36-6)23(21)19-12-11-13-20(15-19)30(34)35/h11-13,15-16,23-24,28H,7-10,14H2,1-6H3,(H,29,31). The quantitative estimate of drug-likeness (QED) is 0.182. The molecular weight excluding hydrogens is 478 g/mol. The van der Waals surface area contributed by atoms with Gasteiger partial charge in [0.1, 0.15) is 6.04 Å². The van der Waals surface area contributed by atoms with E-state index in [1.807, 2.05) is 0 Å². The van der Waals surface area contributed by atoms with Gasteiger partial charge in [-0.1, -0.05) is 52.2 Å². The molecule has 1 aliphatic heterocycles. The molecule has 202 valence electrons. The third-order valence-corrected chi connectivity index (χ3v) is 6.27. The second-order valence-corrected chi connectivity index (χ2v) is 9.40. The SMILES string of the molecule is CCCCCCOC(=O)C(NC(=O)C1=C(C)NC(C)=C(C(=O)OC)C1c1cccc([N+](=O)[O-])c1)C(C)C. The van der Waals surface area contributed by atoms with E-state index in [0.29, 0.717) is 17.0 Å². The number of nitrogens with one attached hydrogen (secondary N) is 2. The molecule has 1 heterocycles. The summed E-state index contributed by atoms with van der Waals surface area (Å²) in [4.78, 5) is 50.2. The summed E-state index contributed by atoms with van der Waals surface area (Å²) in [6, 6.07) is 4.86. The van der Waals surface area contributed by atoms with Crippen LogP contribution in [-0.2, 0) is 23.9 Å². The molecule has 0 aromatic heterocycles. The number of amides is 1. The highest BCUT2D eigenvalue weighted by atomic mass is 16.6. The first-order valence-electron chi connectivity index (χ1n) is 12.5. The van der Waals surface area contributed by atoms with Crippen molar-refractivity contribution in [1.82, 2.24) is 10.6 Å². The molecule has 1 amide bonds. The molecular formula is C27H37N3O7. The highest BCUT2D eigenvalue weighted by Crippen LogP contribution is 2.39. The zero-order valence-corrected chi connectivity index (χ0v) is 22.4. The van der Waals surface area contributed by atoms with Crippen LogP contribution in [0.5, 0.6) is 0 Å². The third kappa shape index (κ3) is 7.41. The minimum absolute atomic E-state index is 0.151. The van der Waals surface area contributed by atoms with E-state index in [4.69, 9.17) is 9.47 Å². The number of non-ortho nitro benzene ring substituents is 1. The third-order valence-electron chi connectivity index (χ3n) is 6.27. The smallest absolute Gasteiger partial charge is 0.336 e. The van der Waals surface area contributed by atoms with Gasteiger partial charge in [-0.2, -0.15) is 0 Å². The zero-order valence-electron chi connectivity index (χ0n) is 22.4. The van der Waals surface area contributed by atoms with Gasteiger partial charge >= 0.3 is 11.9 Å². The largest absolute Gasteiger partial charge is 0.466 e. The number of hydrogen-bond acceptors (Lipinski definition) is 8. The van der Waals surface area contributed by atoms with Crippen molar-refractivity contribution >= 4 is 23.5 Å². The fourth-order valence-electron chi connectivity index (χ4n) is 4.33. The lowest BCUT2D eigenvalue weighted by Crippen LogP contribution is -2.47. The summed E-state index contributed by atoms with van der Waals surface area (Å²) in [7, 11) is 1.23. The van der Waals surface area contributed by atoms with Crippen LogP contribution in [0.2, 0.25) is 0 Å². The van der Waals surface area contributed by atoms with E-state index in [9.17, 15) is 24.5 Å². The number of carbonyl (C=O) groups is 3. The maximum Gasteiger partial charge on any atom is 0.336 e. The van der Waals surface area contributed by atoms with E-state index in [-0.39, 0.29) is 29.4 Å². The predicted octanol–water partition coefficient (Wildman–Crippen LogP) is 4.27. The fraction of sp³-hybridized carbons (Fsp3) is 0.519. The van der Waals surface area contributed by atoms with Crippen molar-refractivity contribution in [1.29, 1.82) is 0 Å². The van der Waals surface area contributed by atoms with Crippen LogP contribution < -0.4 is 10.6 Å². The van der Waals surface area contributed by atoms with Gasteiger partial charge < -0.3 is 20.1 Å². The van der Waals surface area contributed by atoms with Gasteiger partial charge in [-0.05, 0) is 31.7 Å². The molecule has 2 atom stereocenters. The van der Waals surface area contributed by atoms with E-state index in [1.54, 1.807) is 33.8 Å². The number of carbonyl (C=O) groups excluding carboxylic acids is 3. The van der Waals surface area contributed by atoms with Gasteiger partial charge in [-0.3, -0.25) is 14.9 Å². The molecule has 1 aliphatic rings. The van der Waals surface area contributed by atoms with Crippen LogP contribution in [0.1, 0.15) is 71.8 Å². The lowest BCUT2D eigenvalue weighted by molar-refractivity contribution is -0.384. The summed E-state index contributed by atoms with van der Waals surface area (Å²) in [6.45, 7) is 9.30. The van der Waals surface area contributed by atoms with E-state index in [0.717, 1.165) is 25.7 Å². The number of nitrogens with zero attached hydrogens (tertiary/aromatic N) is 1. The van der Waals surface area contributed by atoms with Crippen molar-refractivity contribution in [3.8, 4) is 0 Å². The Balaban J connectivity index is 2.44. The Morgan fingerprint density at radius 1 is 1.11 bits per heavy atom. The first-order valence-corrected chi connectivity index (χ1v) is 12.5. The molecule has 2 N–H and O–H groups in total. The number of nitro groups is 1. The number of esters is 2. The summed E-state index contributed by atoms with van der Waals surface area (Å²) in [5.41, 5.74) is 1.42. The number of rotatable bonds is 12. The van der Waals surface area contributed by atoms with E-state index < -0.39 is 34.7 Å². The second-order valence-electron chi connectivity index (χ2n) is 9.40. The molecule has 0 aliphatic carbocycles. The Bertz CT molecular complexity index is 1090. The van der Waals surface area contributed by atoms with E-state index >= 15 is 0 Å². The number of dihydropyridines is 1. The van der Waals surface area contributed by atoms with Gasteiger partial charge in [0.2, 0.25) is 0 Å². The van der Waals surface area contributed by atoms with E-state index in [2.05, 4.69) is 17.6 Å². The normalized spacial score (nSPS) is 16.2. The van der Waals surface area contributed by atoms with Crippen molar-refractivity contribution in [2.24, 2.45) is 5.92 Å². The number of methoxy groups -OCH3 is 1. The van der Waals surface area contributed by atoms with Crippen molar-refractivity contribution in [2.75, 3.05) is 13.7 Å². The number of hydrogen-bond donors (Lipinski definition) is 2. The molecule has 0 spiro atoms. The minimum atomic E-state index is -0.952. The van der Waals surface area contributed by atoms with Crippen LogP contribution in [0.4, 0.5) is 5.69 Å². The van der Waals surface area contributed by atoms with Gasteiger partial charge in [0, 0.05) is 29.1 Å². The van der Waals surface area contributed by atoms with E-state index in [1.165, 1.54) is 25.3 Å². The average molecular weight is 516 g/mol. The highest BCUT2D eigenvalue weighted by molar-refractivity contribution is 6.03. The van der Waals surface area contributed by atoms with Crippen LogP contribution >= 0.6 is 0 Å². The number of unbranched alkanes of at least 4 members (excludes halogenated alkanes) is 3. The van der Waals surface area contributed by atoms with Gasteiger partial charge in [0.05, 0.1) is 30.1 Å². The van der Waals surface area contributed by atoms with Crippen LogP contribution in [0.25, 0.3) is 0 Å². The summed E-state index contributed by atoms with van der Waals surface area (Å²) >= 11 is 0. The van der Waals surface area contributed by atoms with Crippen molar-refractivity contribution in [3.05, 3.63) is 62.5 Å². The summed E-state index contributed by atoms with van der Waals surface area (Å²) in [6.07, 6.45) is 3.81. The molecule has 0 radical (unpaired) electrons. The summed E-state index contributed by atoms with van der Waals surface area (Å²) in [5, 5.41) is 17.3. The van der Waals surface area contributed by atoms with Crippen LogP contribution in [0, 0.1) is 16.0 Å². The highest BCUT2D eigenvalue weighted by Gasteiger charge is 2.39. The molecule has 10 nitrogen and oxygen atoms in total. The maximum absolute atomic E-state index is 13.7.